The minimum atomic E-state index is 0.0534. The molecule has 1 saturated heterocycles. The van der Waals surface area contributed by atoms with Crippen LogP contribution < -0.4 is 15.1 Å². The van der Waals surface area contributed by atoms with Gasteiger partial charge in [0, 0.05) is 22.3 Å². The molecule has 0 unspecified atom stereocenters. The molecule has 0 bridgehead atoms. The number of carbonyl (C=O) groups is 2. The molecule has 2 aromatic carbocycles. The number of hydrogen-bond donors (Lipinski definition) is 4. The van der Waals surface area contributed by atoms with Crippen LogP contribution >= 0.6 is 0 Å². The molecule has 6 heteroatoms. The molecule has 0 atom stereocenters. The van der Waals surface area contributed by atoms with Crippen molar-refractivity contribution in [3.8, 4) is 0 Å². The molecular weight excluding hydrogens is 388 g/mol. The first kappa shape index (κ1) is 21.3. The molecule has 162 valence electrons. The van der Waals surface area contributed by atoms with Crippen LogP contribution in [-0.4, -0.2) is 55.9 Å². The molecule has 1 amide bonds. The maximum absolute atomic E-state index is 13.0. The van der Waals surface area contributed by atoms with E-state index in [0.717, 1.165) is 59.6 Å². The molecule has 2 heterocycles. The third-order valence-electron chi connectivity index (χ3n) is 6.54. The summed E-state index contributed by atoms with van der Waals surface area (Å²) in [5.74, 6) is 0.249. The fourth-order valence-electron chi connectivity index (χ4n) is 4.57. The van der Waals surface area contributed by atoms with Gasteiger partial charge in [0.2, 0.25) is 5.78 Å². The van der Waals surface area contributed by atoms with E-state index in [4.69, 9.17) is 0 Å². The summed E-state index contributed by atoms with van der Waals surface area (Å²) >= 11 is 0. The van der Waals surface area contributed by atoms with Crippen LogP contribution in [0.1, 0.15) is 27.2 Å². The summed E-state index contributed by atoms with van der Waals surface area (Å²) in [7, 11) is 0. The lowest BCUT2D eigenvalue weighted by molar-refractivity contribution is -1.00. The summed E-state index contributed by atoms with van der Waals surface area (Å²) in [4.78, 5) is 31.4. The van der Waals surface area contributed by atoms with Crippen LogP contribution in [0.4, 0.5) is 5.69 Å². The van der Waals surface area contributed by atoms with Gasteiger partial charge in [-0.15, -0.1) is 0 Å². The van der Waals surface area contributed by atoms with Crippen LogP contribution in [0.3, 0.4) is 0 Å². The summed E-state index contributed by atoms with van der Waals surface area (Å²) in [5.41, 5.74) is 5.98. The lowest BCUT2D eigenvalue weighted by atomic mass is 10.1. The molecule has 1 aliphatic heterocycles. The first-order valence-electron chi connectivity index (χ1n) is 11.1. The first-order chi connectivity index (χ1) is 14.9. The van der Waals surface area contributed by atoms with Gasteiger partial charge < -0.3 is 20.1 Å². The van der Waals surface area contributed by atoms with Gasteiger partial charge in [0.25, 0.3) is 5.91 Å². The minimum absolute atomic E-state index is 0.0534. The molecule has 6 nitrogen and oxygen atoms in total. The number of carbonyl (C=O) groups excluding carboxylic acids is 2. The fourth-order valence-corrected chi connectivity index (χ4v) is 4.57. The molecule has 1 fully saturated rings. The largest absolute Gasteiger partial charge is 0.358 e. The third kappa shape index (κ3) is 4.70. The highest BCUT2D eigenvalue weighted by Crippen LogP contribution is 2.21. The van der Waals surface area contributed by atoms with Crippen LogP contribution in [-0.2, 0) is 4.79 Å². The number of Topliss-reactive ketones (excluding diaryl/α,β-unsaturated/α-hetero) is 1. The van der Waals surface area contributed by atoms with Gasteiger partial charge in [0.05, 0.1) is 5.56 Å². The van der Waals surface area contributed by atoms with Gasteiger partial charge in [-0.1, -0.05) is 30.3 Å². The average Bonchev–Trinajstić information content (AvgIpc) is 3.08. The zero-order valence-electron chi connectivity index (χ0n) is 18.6. The standard InChI is InChI=1S/C25H30N4O2/c1-17-7-6-10-21(18(17)2)27-24(31)16-29-13-11-28(12-14-29)15-23(30)25-19(3)26-22-9-5-4-8-20(22)25/h4-10,26H,11-16H2,1-3H3,(H,27,31)/p+2. The topological polar surface area (TPSA) is 70.8 Å². The van der Waals surface area contributed by atoms with Crippen molar-refractivity contribution in [3.05, 3.63) is 64.8 Å². The van der Waals surface area contributed by atoms with E-state index in [2.05, 4.69) is 23.3 Å². The number of benzene rings is 2. The molecule has 0 aliphatic carbocycles. The van der Waals surface area contributed by atoms with Gasteiger partial charge in [-0.25, -0.2) is 0 Å². The van der Waals surface area contributed by atoms with Crippen molar-refractivity contribution in [1.82, 2.24) is 4.98 Å². The summed E-state index contributed by atoms with van der Waals surface area (Å²) < 4.78 is 0. The zero-order chi connectivity index (χ0) is 22.0. The predicted molar refractivity (Wildman–Crippen MR) is 123 cm³/mol. The highest BCUT2D eigenvalue weighted by molar-refractivity contribution is 6.09. The van der Waals surface area contributed by atoms with Crippen LogP contribution in [0.5, 0.6) is 0 Å². The molecule has 0 radical (unpaired) electrons. The second-order valence-electron chi connectivity index (χ2n) is 8.74. The Bertz CT molecular complexity index is 1110. The summed E-state index contributed by atoms with van der Waals surface area (Å²) in [6, 6.07) is 14.0. The van der Waals surface area contributed by atoms with Crippen LogP contribution in [0.25, 0.3) is 10.9 Å². The number of hydrogen-bond acceptors (Lipinski definition) is 2. The summed E-state index contributed by atoms with van der Waals surface area (Å²) in [5, 5.41) is 4.07. The number of para-hydroxylation sites is 1. The zero-order valence-corrected chi connectivity index (χ0v) is 18.6. The number of nitrogens with one attached hydrogen (secondary N) is 4. The van der Waals surface area contributed by atoms with E-state index in [1.807, 2.05) is 50.2 Å². The van der Waals surface area contributed by atoms with E-state index in [1.54, 1.807) is 0 Å². The van der Waals surface area contributed by atoms with E-state index in [1.165, 1.54) is 15.4 Å². The molecule has 31 heavy (non-hydrogen) atoms. The van der Waals surface area contributed by atoms with Gasteiger partial charge in [0.15, 0.2) is 6.54 Å². The minimum Gasteiger partial charge on any atom is -0.358 e. The molecule has 0 saturated carbocycles. The number of piperazine rings is 1. The number of amides is 1. The predicted octanol–water partition coefficient (Wildman–Crippen LogP) is 0.698. The Labute approximate surface area is 183 Å². The number of rotatable bonds is 6. The summed E-state index contributed by atoms with van der Waals surface area (Å²) in [6.45, 7) is 10.6. The summed E-state index contributed by atoms with van der Waals surface area (Å²) in [6.07, 6.45) is 0. The number of quaternary nitrogens is 2. The van der Waals surface area contributed by atoms with Crippen molar-refractivity contribution in [2.45, 2.75) is 20.8 Å². The Morgan fingerprint density at radius 3 is 2.32 bits per heavy atom. The highest BCUT2D eigenvalue weighted by Gasteiger charge is 2.28. The number of aromatic nitrogens is 1. The molecular formula is C25H32N4O2+2. The maximum atomic E-state index is 13.0. The number of aromatic amines is 1. The Hall–Kier alpha value is -2.96. The number of H-pyrrole nitrogens is 1. The Balaban J connectivity index is 1.29. The van der Waals surface area contributed by atoms with Crippen LogP contribution in [0, 0.1) is 20.8 Å². The SMILES string of the molecule is Cc1cccc(NC(=O)C[NH+]2CC[NH+](CC(=O)c3c(C)[nH]c4ccccc34)CC2)c1C. The number of anilines is 1. The monoisotopic (exact) mass is 420 g/mol. The Morgan fingerprint density at radius 1 is 0.903 bits per heavy atom. The van der Waals surface area contributed by atoms with Crippen molar-refractivity contribution in [3.63, 3.8) is 0 Å². The number of aryl methyl sites for hydroxylation is 2. The quantitative estimate of drug-likeness (QED) is 0.444. The smallest absolute Gasteiger partial charge is 0.279 e. The first-order valence-corrected chi connectivity index (χ1v) is 11.1. The number of fused-ring (bicyclic) bond motifs is 1. The van der Waals surface area contributed by atoms with Gasteiger partial charge in [-0.05, 0) is 44.0 Å². The van der Waals surface area contributed by atoms with Gasteiger partial charge in [-0.3, -0.25) is 9.59 Å². The fraction of sp³-hybridized carbons (Fsp3) is 0.360. The van der Waals surface area contributed by atoms with Crippen molar-refractivity contribution in [2.24, 2.45) is 0 Å². The van der Waals surface area contributed by atoms with Gasteiger partial charge in [0.1, 0.15) is 32.7 Å². The number of ketones is 1. The average molecular weight is 421 g/mol. The van der Waals surface area contributed by atoms with Crippen LogP contribution in [0.2, 0.25) is 0 Å². The molecule has 3 aromatic rings. The Morgan fingerprint density at radius 2 is 1.58 bits per heavy atom. The molecule has 4 rings (SSSR count). The molecule has 1 aromatic heterocycles. The normalized spacial score (nSPS) is 18.8. The third-order valence-corrected chi connectivity index (χ3v) is 6.54. The van der Waals surface area contributed by atoms with E-state index < -0.39 is 0 Å². The second-order valence-corrected chi connectivity index (χ2v) is 8.74. The van der Waals surface area contributed by atoms with E-state index in [9.17, 15) is 9.59 Å². The van der Waals surface area contributed by atoms with Crippen molar-refractivity contribution in [1.29, 1.82) is 0 Å². The van der Waals surface area contributed by atoms with Gasteiger partial charge in [-0.2, -0.15) is 0 Å². The Kier molecular flexibility index (Phi) is 6.20. The van der Waals surface area contributed by atoms with Gasteiger partial charge >= 0.3 is 0 Å². The highest BCUT2D eigenvalue weighted by atomic mass is 16.2. The second kappa shape index (κ2) is 9.04. The van der Waals surface area contributed by atoms with E-state index in [0.29, 0.717) is 13.1 Å². The molecule has 0 spiro atoms. The molecule has 4 N–H and O–H groups in total. The van der Waals surface area contributed by atoms with Crippen LogP contribution in [0.15, 0.2) is 42.5 Å². The van der Waals surface area contributed by atoms with E-state index >= 15 is 0 Å². The van der Waals surface area contributed by atoms with Crippen molar-refractivity contribution in [2.75, 3.05) is 44.6 Å². The van der Waals surface area contributed by atoms with Crippen molar-refractivity contribution < 1.29 is 19.4 Å². The van der Waals surface area contributed by atoms with Crippen molar-refractivity contribution >= 4 is 28.3 Å². The maximum Gasteiger partial charge on any atom is 0.279 e. The van der Waals surface area contributed by atoms with E-state index in [-0.39, 0.29) is 11.7 Å². The molecule has 1 aliphatic rings. The lowest BCUT2D eigenvalue weighted by Crippen LogP contribution is -3.28. The lowest BCUT2D eigenvalue weighted by Gasteiger charge is -2.29.